The predicted molar refractivity (Wildman–Crippen MR) is 166 cm³/mol. The average molecular weight is 620 g/mol. The van der Waals surface area contributed by atoms with Crippen molar-refractivity contribution in [1.82, 2.24) is 20.1 Å². The summed E-state index contributed by atoms with van der Waals surface area (Å²) in [4.78, 5) is 39.5. The number of hydrogen-bond donors (Lipinski definition) is 2. The number of methoxy groups -OCH3 is 1. The van der Waals surface area contributed by atoms with Crippen LogP contribution in [0.25, 0.3) is 0 Å². The fraction of sp³-hybridized carbons (Fsp3) is 0.323. The van der Waals surface area contributed by atoms with E-state index >= 15 is 0 Å². The largest absolute Gasteiger partial charge is 0.497 e. The highest BCUT2D eigenvalue weighted by Gasteiger charge is 2.28. The number of amides is 2. The Labute approximate surface area is 258 Å². The molecular formula is C31H33N5O5S2. The first kappa shape index (κ1) is 30.3. The molecule has 0 aliphatic heterocycles. The number of thiophene rings is 1. The summed E-state index contributed by atoms with van der Waals surface area (Å²) in [5.74, 6) is 0.588. The number of rotatable bonds is 13. The Bertz CT molecular complexity index is 1580. The monoisotopic (exact) mass is 619 g/mol. The van der Waals surface area contributed by atoms with E-state index in [1.165, 1.54) is 23.1 Å². The van der Waals surface area contributed by atoms with Crippen LogP contribution in [0.15, 0.2) is 59.8 Å². The summed E-state index contributed by atoms with van der Waals surface area (Å²) in [5.41, 5.74) is 3.38. The van der Waals surface area contributed by atoms with E-state index in [4.69, 9.17) is 9.47 Å². The van der Waals surface area contributed by atoms with Crippen molar-refractivity contribution >= 4 is 45.9 Å². The van der Waals surface area contributed by atoms with Crippen molar-refractivity contribution < 1.29 is 23.9 Å². The standard InChI is InChI=1S/C31H33N5O5S2/c1-3-41-30(39)28-23-10-7-11-24(23)43-29(28)33-27(38)19-42-31-35-34-25(36(31)18-21-8-5-4-6-9-21)17-32-26(37)16-20-12-14-22(40-2)15-13-20/h4-6,8-9,12-15H,3,7,10-11,16-19H2,1-2H3,(H,32,37)(H,33,38). The van der Waals surface area contributed by atoms with E-state index in [2.05, 4.69) is 20.8 Å². The minimum absolute atomic E-state index is 0.0710. The van der Waals surface area contributed by atoms with E-state index in [9.17, 15) is 14.4 Å². The van der Waals surface area contributed by atoms with Crippen molar-refractivity contribution in [1.29, 1.82) is 0 Å². The van der Waals surface area contributed by atoms with E-state index in [1.807, 2.05) is 59.2 Å². The first-order chi connectivity index (χ1) is 20.9. The first-order valence-electron chi connectivity index (χ1n) is 14.0. The van der Waals surface area contributed by atoms with Gasteiger partial charge in [0.25, 0.3) is 0 Å². The van der Waals surface area contributed by atoms with Crippen molar-refractivity contribution in [2.24, 2.45) is 0 Å². The molecule has 12 heteroatoms. The highest BCUT2D eigenvalue weighted by atomic mass is 32.2. The zero-order valence-electron chi connectivity index (χ0n) is 24.1. The molecule has 0 unspecified atom stereocenters. The summed E-state index contributed by atoms with van der Waals surface area (Å²) in [6, 6.07) is 17.2. The van der Waals surface area contributed by atoms with Gasteiger partial charge < -0.3 is 24.7 Å². The van der Waals surface area contributed by atoms with Gasteiger partial charge in [-0.2, -0.15) is 0 Å². The number of thioether (sulfide) groups is 1. The number of ether oxygens (including phenoxy) is 2. The molecule has 5 rings (SSSR count). The lowest BCUT2D eigenvalue weighted by Gasteiger charge is -2.12. The van der Waals surface area contributed by atoms with Crippen LogP contribution in [0.1, 0.15) is 51.1 Å². The van der Waals surface area contributed by atoms with Crippen molar-refractivity contribution in [3.05, 3.63) is 87.6 Å². The number of carbonyl (C=O) groups is 3. The maximum Gasteiger partial charge on any atom is 0.341 e. The third-order valence-corrected chi connectivity index (χ3v) is 9.10. The fourth-order valence-corrected chi connectivity index (χ4v) is 6.90. The van der Waals surface area contributed by atoms with Gasteiger partial charge in [-0.05, 0) is 55.0 Å². The number of nitrogens with one attached hydrogen (secondary N) is 2. The molecule has 10 nitrogen and oxygen atoms in total. The van der Waals surface area contributed by atoms with Crippen LogP contribution >= 0.6 is 23.1 Å². The van der Waals surface area contributed by atoms with Crippen LogP contribution in [-0.4, -0.2) is 52.0 Å². The molecule has 0 spiro atoms. The van der Waals surface area contributed by atoms with Crippen LogP contribution < -0.4 is 15.4 Å². The molecule has 2 N–H and O–H groups in total. The molecule has 2 aromatic heterocycles. The lowest BCUT2D eigenvalue weighted by molar-refractivity contribution is -0.120. The summed E-state index contributed by atoms with van der Waals surface area (Å²) >= 11 is 2.70. The number of aryl methyl sites for hydroxylation is 1. The van der Waals surface area contributed by atoms with Gasteiger partial charge in [-0.15, -0.1) is 21.5 Å². The Morgan fingerprint density at radius 2 is 1.79 bits per heavy atom. The molecule has 1 aliphatic carbocycles. The minimum Gasteiger partial charge on any atom is -0.497 e. The number of aromatic nitrogens is 3. The number of fused-ring (bicyclic) bond motifs is 1. The Hall–Kier alpha value is -4.16. The zero-order valence-corrected chi connectivity index (χ0v) is 25.7. The predicted octanol–water partition coefficient (Wildman–Crippen LogP) is 4.65. The molecule has 0 radical (unpaired) electrons. The molecule has 0 fully saturated rings. The number of anilines is 1. The average Bonchev–Trinajstić information content (AvgIpc) is 3.71. The number of hydrogen-bond acceptors (Lipinski definition) is 9. The van der Waals surface area contributed by atoms with Gasteiger partial charge in [0.05, 0.1) is 44.5 Å². The van der Waals surface area contributed by atoms with E-state index in [1.54, 1.807) is 14.0 Å². The van der Waals surface area contributed by atoms with Gasteiger partial charge in [0.15, 0.2) is 11.0 Å². The van der Waals surface area contributed by atoms with Crippen LogP contribution in [0.3, 0.4) is 0 Å². The summed E-state index contributed by atoms with van der Waals surface area (Å²) < 4.78 is 12.4. The molecule has 0 saturated heterocycles. The second-order valence-corrected chi connectivity index (χ2v) is 11.9. The van der Waals surface area contributed by atoms with E-state index in [-0.39, 0.29) is 37.1 Å². The highest BCUT2D eigenvalue weighted by Crippen LogP contribution is 2.39. The third kappa shape index (κ3) is 7.63. The van der Waals surface area contributed by atoms with Crippen molar-refractivity contribution in [3.8, 4) is 5.75 Å². The maximum absolute atomic E-state index is 13.1. The normalized spacial score (nSPS) is 12.0. The number of carbonyl (C=O) groups excluding carboxylic acids is 3. The molecule has 2 amide bonds. The summed E-state index contributed by atoms with van der Waals surface area (Å²) in [6.45, 7) is 2.71. The molecule has 224 valence electrons. The smallest absolute Gasteiger partial charge is 0.341 e. The fourth-order valence-electron chi connectivity index (χ4n) is 4.85. The maximum atomic E-state index is 13.1. The van der Waals surface area contributed by atoms with Gasteiger partial charge in [0.1, 0.15) is 10.8 Å². The van der Waals surface area contributed by atoms with E-state index in [0.717, 1.165) is 46.6 Å². The molecule has 0 atom stereocenters. The van der Waals surface area contributed by atoms with E-state index < -0.39 is 5.97 Å². The quantitative estimate of drug-likeness (QED) is 0.164. The second kappa shape index (κ2) is 14.3. The van der Waals surface area contributed by atoms with Crippen LogP contribution in [0.4, 0.5) is 5.00 Å². The summed E-state index contributed by atoms with van der Waals surface area (Å²) in [6.07, 6.45) is 2.93. The van der Waals surface area contributed by atoms with Gasteiger partial charge >= 0.3 is 5.97 Å². The van der Waals surface area contributed by atoms with Gasteiger partial charge in [-0.25, -0.2) is 4.79 Å². The molecule has 0 bridgehead atoms. The SMILES string of the molecule is CCOC(=O)c1c(NC(=O)CSc2nnc(CNC(=O)Cc3ccc(OC)cc3)n2Cc2ccccc2)sc2c1CCC2. The molecule has 2 heterocycles. The Kier molecular flexibility index (Phi) is 10.1. The topological polar surface area (TPSA) is 124 Å². The number of nitrogens with zero attached hydrogens (tertiary/aromatic N) is 3. The first-order valence-corrected chi connectivity index (χ1v) is 15.8. The Morgan fingerprint density at radius 3 is 2.53 bits per heavy atom. The van der Waals surface area contributed by atoms with Gasteiger partial charge in [0.2, 0.25) is 11.8 Å². The van der Waals surface area contributed by atoms with Crippen LogP contribution in [0, 0.1) is 0 Å². The zero-order chi connectivity index (χ0) is 30.2. The lowest BCUT2D eigenvalue weighted by atomic mass is 10.1. The van der Waals surface area contributed by atoms with E-state index in [0.29, 0.717) is 28.1 Å². The molecule has 1 aliphatic rings. The van der Waals surface area contributed by atoms with Gasteiger partial charge in [-0.1, -0.05) is 54.2 Å². The Morgan fingerprint density at radius 1 is 1.00 bits per heavy atom. The van der Waals surface area contributed by atoms with Crippen molar-refractivity contribution in [2.75, 3.05) is 24.8 Å². The number of benzene rings is 2. The summed E-state index contributed by atoms with van der Waals surface area (Å²) in [7, 11) is 1.60. The van der Waals surface area contributed by atoms with Crippen LogP contribution in [0.5, 0.6) is 5.75 Å². The molecule has 2 aromatic carbocycles. The number of esters is 1. The second-order valence-electron chi connectivity index (χ2n) is 9.89. The molecule has 43 heavy (non-hydrogen) atoms. The molecule has 0 saturated carbocycles. The summed E-state index contributed by atoms with van der Waals surface area (Å²) in [5, 5.41) is 15.6. The third-order valence-electron chi connectivity index (χ3n) is 6.93. The van der Waals surface area contributed by atoms with Gasteiger partial charge in [0, 0.05) is 4.88 Å². The molecule has 4 aromatic rings. The van der Waals surface area contributed by atoms with Crippen molar-refractivity contribution in [3.63, 3.8) is 0 Å². The lowest BCUT2D eigenvalue weighted by Crippen LogP contribution is -2.26. The van der Waals surface area contributed by atoms with Crippen LogP contribution in [-0.2, 0) is 46.7 Å². The highest BCUT2D eigenvalue weighted by molar-refractivity contribution is 7.99. The van der Waals surface area contributed by atoms with Crippen LogP contribution in [0.2, 0.25) is 0 Å². The minimum atomic E-state index is -0.397. The Balaban J connectivity index is 1.25. The van der Waals surface area contributed by atoms with Gasteiger partial charge in [-0.3, -0.25) is 9.59 Å². The molecular weight excluding hydrogens is 587 g/mol. The van der Waals surface area contributed by atoms with Crippen molar-refractivity contribution in [2.45, 2.75) is 50.9 Å².